The summed E-state index contributed by atoms with van der Waals surface area (Å²) in [6.07, 6.45) is 1.50. The zero-order valence-corrected chi connectivity index (χ0v) is 14.2. The van der Waals surface area contributed by atoms with Crippen LogP contribution in [-0.2, 0) is 22.8 Å². The molecule has 5 heteroatoms. The molecule has 0 aliphatic carbocycles. The highest BCUT2D eigenvalue weighted by molar-refractivity contribution is 5.90. The summed E-state index contributed by atoms with van der Waals surface area (Å²) in [4.78, 5) is 17.6. The van der Waals surface area contributed by atoms with Gasteiger partial charge >= 0.3 is 0 Å². The molecule has 0 spiro atoms. The maximum absolute atomic E-state index is 12.2. The molecule has 1 aliphatic heterocycles. The van der Waals surface area contributed by atoms with Crippen molar-refractivity contribution in [3.05, 3.63) is 71.8 Å². The fraction of sp³-hybridized carbons (Fsp3) is 0.300. The van der Waals surface area contributed by atoms with Crippen molar-refractivity contribution in [2.75, 3.05) is 6.54 Å². The van der Waals surface area contributed by atoms with Gasteiger partial charge in [-0.25, -0.2) is 0 Å². The Labute approximate surface area is 148 Å². The Morgan fingerprint density at radius 2 is 1.76 bits per heavy atom. The molecule has 5 nitrogen and oxygen atoms in total. The average Bonchev–Trinajstić information content (AvgIpc) is 2.68. The summed E-state index contributed by atoms with van der Waals surface area (Å²) in [6.45, 7) is 1.60. The van der Waals surface area contributed by atoms with Crippen molar-refractivity contribution in [2.24, 2.45) is 5.16 Å². The quantitative estimate of drug-likeness (QED) is 0.797. The molecule has 130 valence electrons. The largest absolute Gasteiger partial charge is 0.391 e. The van der Waals surface area contributed by atoms with E-state index in [9.17, 15) is 4.79 Å². The van der Waals surface area contributed by atoms with Gasteiger partial charge in [-0.05, 0) is 24.0 Å². The van der Waals surface area contributed by atoms with Crippen LogP contribution in [0.15, 0.2) is 65.8 Å². The number of carbonyl (C=O) groups is 1. The predicted molar refractivity (Wildman–Crippen MR) is 98.0 cm³/mol. The summed E-state index contributed by atoms with van der Waals surface area (Å²) in [5, 5.41) is 10.4. The van der Waals surface area contributed by atoms with Crippen LogP contribution < -0.4 is 10.6 Å². The van der Waals surface area contributed by atoms with Gasteiger partial charge in [-0.2, -0.15) is 0 Å². The van der Waals surface area contributed by atoms with Crippen LogP contribution in [0.1, 0.15) is 24.0 Å². The standard InChI is InChI=1S/C20H23N3O2/c24-20(22-13-16-7-3-1-4-8-16)19-12-11-18(14-21-19)23-25-15-17-9-5-2-6-10-17/h1-10,19,21H,11-15H2,(H,22,24)/t19-/m0/s1. The van der Waals surface area contributed by atoms with Gasteiger partial charge in [0.25, 0.3) is 0 Å². The first-order chi connectivity index (χ1) is 12.3. The van der Waals surface area contributed by atoms with E-state index in [-0.39, 0.29) is 11.9 Å². The Bertz CT molecular complexity index is 691. The van der Waals surface area contributed by atoms with E-state index >= 15 is 0 Å². The maximum atomic E-state index is 12.2. The lowest BCUT2D eigenvalue weighted by Crippen LogP contribution is -2.49. The van der Waals surface area contributed by atoms with Crippen molar-refractivity contribution in [3.8, 4) is 0 Å². The fourth-order valence-electron chi connectivity index (χ4n) is 2.72. The number of rotatable bonds is 6. The lowest BCUT2D eigenvalue weighted by Gasteiger charge is -2.23. The third kappa shape index (κ3) is 5.43. The minimum absolute atomic E-state index is 0.0353. The second-order valence-electron chi connectivity index (χ2n) is 6.09. The minimum Gasteiger partial charge on any atom is -0.391 e. The van der Waals surface area contributed by atoms with Crippen molar-refractivity contribution in [1.82, 2.24) is 10.6 Å². The van der Waals surface area contributed by atoms with E-state index in [2.05, 4.69) is 15.8 Å². The van der Waals surface area contributed by atoms with Crippen LogP contribution in [-0.4, -0.2) is 24.2 Å². The minimum atomic E-state index is -0.170. The summed E-state index contributed by atoms with van der Waals surface area (Å²) in [5.74, 6) is 0.0353. The number of nitrogens with zero attached hydrogens (tertiary/aromatic N) is 1. The first-order valence-corrected chi connectivity index (χ1v) is 8.58. The Morgan fingerprint density at radius 3 is 2.40 bits per heavy atom. The first-order valence-electron chi connectivity index (χ1n) is 8.58. The number of benzene rings is 2. The van der Waals surface area contributed by atoms with Gasteiger partial charge in [0.05, 0.1) is 11.8 Å². The molecule has 2 aromatic rings. The number of oxime groups is 1. The van der Waals surface area contributed by atoms with Gasteiger partial charge in [-0.1, -0.05) is 65.8 Å². The first kappa shape index (κ1) is 17.2. The Kier molecular flexibility index (Phi) is 6.17. The van der Waals surface area contributed by atoms with Gasteiger partial charge in [0.2, 0.25) is 5.91 Å². The van der Waals surface area contributed by atoms with Crippen molar-refractivity contribution in [3.63, 3.8) is 0 Å². The van der Waals surface area contributed by atoms with Crippen molar-refractivity contribution < 1.29 is 9.63 Å². The van der Waals surface area contributed by atoms with Crippen molar-refractivity contribution in [2.45, 2.75) is 32.0 Å². The van der Waals surface area contributed by atoms with Crippen LogP contribution in [0, 0.1) is 0 Å². The molecular formula is C20H23N3O2. The lowest BCUT2D eigenvalue weighted by molar-refractivity contribution is -0.123. The Balaban J connectivity index is 1.39. The monoisotopic (exact) mass is 337 g/mol. The third-order valence-electron chi connectivity index (χ3n) is 4.17. The van der Waals surface area contributed by atoms with Gasteiger partial charge in [0.1, 0.15) is 6.61 Å². The summed E-state index contributed by atoms with van der Waals surface area (Å²) in [5.41, 5.74) is 3.14. The van der Waals surface area contributed by atoms with E-state index in [0.29, 0.717) is 19.7 Å². The number of amides is 1. The molecule has 1 heterocycles. The Morgan fingerprint density at radius 1 is 1.08 bits per heavy atom. The molecule has 1 amide bonds. The SMILES string of the molecule is O=C(NCc1ccccc1)[C@@H]1CCC(=NOCc2ccccc2)CN1. The number of piperidine rings is 1. The highest BCUT2D eigenvalue weighted by Gasteiger charge is 2.23. The van der Waals surface area contributed by atoms with Crippen LogP contribution >= 0.6 is 0 Å². The molecule has 0 saturated carbocycles. The van der Waals surface area contributed by atoms with Crippen LogP contribution in [0.25, 0.3) is 0 Å². The zero-order valence-electron chi connectivity index (χ0n) is 14.2. The van der Waals surface area contributed by atoms with Gasteiger partial charge in [0.15, 0.2) is 0 Å². The maximum Gasteiger partial charge on any atom is 0.237 e. The van der Waals surface area contributed by atoms with E-state index in [1.165, 1.54) is 0 Å². The molecule has 0 aromatic heterocycles. The molecule has 0 radical (unpaired) electrons. The van der Waals surface area contributed by atoms with Crippen LogP contribution in [0.2, 0.25) is 0 Å². The molecule has 0 bridgehead atoms. The van der Waals surface area contributed by atoms with E-state index < -0.39 is 0 Å². The molecular weight excluding hydrogens is 314 g/mol. The van der Waals surface area contributed by atoms with Crippen LogP contribution in [0.4, 0.5) is 0 Å². The number of hydrogen-bond donors (Lipinski definition) is 2. The summed E-state index contributed by atoms with van der Waals surface area (Å²) in [6, 6.07) is 19.7. The molecule has 1 atom stereocenters. The van der Waals surface area contributed by atoms with E-state index in [1.54, 1.807) is 0 Å². The zero-order chi connectivity index (χ0) is 17.3. The number of hydrogen-bond acceptors (Lipinski definition) is 4. The topological polar surface area (TPSA) is 62.7 Å². The van der Waals surface area contributed by atoms with E-state index in [4.69, 9.17) is 4.84 Å². The van der Waals surface area contributed by atoms with Gasteiger partial charge in [-0.15, -0.1) is 0 Å². The van der Waals surface area contributed by atoms with Gasteiger partial charge in [0, 0.05) is 13.1 Å². The number of nitrogens with one attached hydrogen (secondary N) is 2. The highest BCUT2D eigenvalue weighted by atomic mass is 16.6. The smallest absolute Gasteiger partial charge is 0.237 e. The molecule has 25 heavy (non-hydrogen) atoms. The second-order valence-corrected chi connectivity index (χ2v) is 6.09. The molecule has 1 saturated heterocycles. The summed E-state index contributed by atoms with van der Waals surface area (Å²) in [7, 11) is 0. The predicted octanol–water partition coefficient (Wildman–Crippen LogP) is 2.63. The average molecular weight is 337 g/mol. The molecule has 3 rings (SSSR count). The molecule has 0 unspecified atom stereocenters. The van der Waals surface area contributed by atoms with E-state index in [0.717, 1.165) is 29.7 Å². The number of carbonyl (C=O) groups excluding carboxylic acids is 1. The van der Waals surface area contributed by atoms with Crippen molar-refractivity contribution in [1.29, 1.82) is 0 Å². The molecule has 2 N–H and O–H groups in total. The normalized spacial score (nSPS) is 18.7. The fourth-order valence-corrected chi connectivity index (χ4v) is 2.72. The summed E-state index contributed by atoms with van der Waals surface area (Å²) >= 11 is 0. The molecule has 1 fully saturated rings. The summed E-state index contributed by atoms with van der Waals surface area (Å²) < 4.78 is 0. The molecule has 1 aliphatic rings. The third-order valence-corrected chi connectivity index (χ3v) is 4.17. The lowest BCUT2D eigenvalue weighted by atomic mass is 10.0. The van der Waals surface area contributed by atoms with E-state index in [1.807, 2.05) is 60.7 Å². The Hall–Kier alpha value is -2.66. The van der Waals surface area contributed by atoms with Gasteiger partial charge < -0.3 is 15.5 Å². The van der Waals surface area contributed by atoms with Crippen LogP contribution in [0.5, 0.6) is 0 Å². The highest BCUT2D eigenvalue weighted by Crippen LogP contribution is 2.08. The van der Waals surface area contributed by atoms with Crippen LogP contribution in [0.3, 0.4) is 0 Å². The molecule has 2 aromatic carbocycles. The second kappa shape index (κ2) is 8.99. The van der Waals surface area contributed by atoms with Crippen molar-refractivity contribution >= 4 is 11.6 Å². The van der Waals surface area contributed by atoms with Gasteiger partial charge in [-0.3, -0.25) is 4.79 Å².